The van der Waals surface area contributed by atoms with E-state index in [0.29, 0.717) is 6.04 Å². The summed E-state index contributed by atoms with van der Waals surface area (Å²) in [5.74, 6) is 0. The highest BCUT2D eigenvalue weighted by atomic mass is 16.7. The van der Waals surface area contributed by atoms with Crippen LogP contribution in [0.3, 0.4) is 0 Å². The number of ether oxygens (including phenoxy) is 2. The van der Waals surface area contributed by atoms with E-state index < -0.39 is 0 Å². The van der Waals surface area contributed by atoms with Crippen LogP contribution >= 0.6 is 0 Å². The molecule has 0 radical (unpaired) electrons. The summed E-state index contributed by atoms with van der Waals surface area (Å²) in [7, 11) is 2.02. The number of aromatic nitrogens is 2. The van der Waals surface area contributed by atoms with Crippen molar-refractivity contribution < 1.29 is 9.47 Å². The largest absolute Gasteiger partial charge is 0.353 e. The lowest BCUT2D eigenvalue weighted by molar-refractivity contribution is -0.164. The summed E-state index contributed by atoms with van der Waals surface area (Å²) in [6, 6.07) is 0.509. The summed E-state index contributed by atoms with van der Waals surface area (Å²) in [5.41, 5.74) is 2.66. The highest BCUT2D eigenvalue weighted by Gasteiger charge is 2.28. The summed E-state index contributed by atoms with van der Waals surface area (Å²) in [6.45, 7) is 5.92. The van der Waals surface area contributed by atoms with E-state index in [1.54, 1.807) is 0 Å². The van der Waals surface area contributed by atoms with Crippen LogP contribution < -0.4 is 0 Å². The zero-order valence-corrected chi connectivity index (χ0v) is 13.3. The van der Waals surface area contributed by atoms with Gasteiger partial charge in [-0.1, -0.05) is 0 Å². The number of hydrogen-bond donors (Lipinski definition) is 0. The molecule has 2 atom stereocenters. The van der Waals surface area contributed by atoms with Crippen molar-refractivity contribution in [3.8, 4) is 0 Å². The monoisotopic (exact) mass is 293 g/mol. The average Bonchev–Trinajstić information content (AvgIpc) is 3.08. The lowest BCUT2D eigenvalue weighted by Gasteiger charge is -2.27. The van der Waals surface area contributed by atoms with Crippen LogP contribution in [-0.4, -0.2) is 47.3 Å². The van der Waals surface area contributed by atoms with Gasteiger partial charge in [0, 0.05) is 37.5 Å². The lowest BCUT2D eigenvalue weighted by atomic mass is 10.1. The molecule has 0 aromatic carbocycles. The maximum absolute atomic E-state index is 5.88. The van der Waals surface area contributed by atoms with Crippen molar-refractivity contribution in [2.75, 3.05) is 26.3 Å². The van der Waals surface area contributed by atoms with E-state index in [1.165, 1.54) is 36.9 Å². The zero-order valence-electron chi connectivity index (χ0n) is 13.3. The molecule has 118 valence electrons. The van der Waals surface area contributed by atoms with Crippen LogP contribution in [0.1, 0.15) is 49.4 Å². The molecule has 0 N–H and O–H groups in total. The van der Waals surface area contributed by atoms with Gasteiger partial charge < -0.3 is 9.47 Å². The van der Waals surface area contributed by atoms with Gasteiger partial charge in [-0.05, 0) is 45.6 Å². The smallest absolute Gasteiger partial charge is 0.157 e. The van der Waals surface area contributed by atoms with Crippen LogP contribution in [-0.2, 0) is 16.5 Å². The van der Waals surface area contributed by atoms with Gasteiger partial charge in [0.1, 0.15) is 0 Å². The van der Waals surface area contributed by atoms with Crippen molar-refractivity contribution in [1.82, 2.24) is 14.7 Å². The predicted molar refractivity (Wildman–Crippen MR) is 81.0 cm³/mol. The Balaban J connectivity index is 1.51. The third kappa shape index (κ3) is 3.47. The molecule has 0 bridgehead atoms. The maximum Gasteiger partial charge on any atom is 0.157 e. The minimum absolute atomic E-state index is 0.0277. The van der Waals surface area contributed by atoms with Crippen molar-refractivity contribution in [2.45, 2.75) is 51.4 Å². The van der Waals surface area contributed by atoms with Gasteiger partial charge in [0.25, 0.3) is 0 Å². The first-order valence-corrected chi connectivity index (χ1v) is 8.21. The molecule has 5 heteroatoms. The number of nitrogens with zero attached hydrogens (tertiary/aromatic N) is 3. The zero-order chi connectivity index (χ0) is 14.7. The van der Waals surface area contributed by atoms with Gasteiger partial charge in [-0.25, -0.2) is 0 Å². The molecule has 5 nitrogen and oxygen atoms in total. The number of likely N-dealkylation sites (tertiary alicyclic amines) is 1. The fourth-order valence-electron chi connectivity index (χ4n) is 3.43. The normalized spacial score (nSPS) is 27.3. The molecule has 1 aromatic rings. The summed E-state index contributed by atoms with van der Waals surface area (Å²) in [5, 5.41) is 4.39. The van der Waals surface area contributed by atoms with E-state index in [-0.39, 0.29) is 6.29 Å². The fraction of sp³-hybridized carbons (Fsp3) is 0.812. The van der Waals surface area contributed by atoms with Crippen molar-refractivity contribution >= 4 is 0 Å². The molecular weight excluding hydrogens is 266 g/mol. The molecule has 0 aliphatic carbocycles. The highest BCUT2D eigenvalue weighted by molar-refractivity contribution is 5.21. The van der Waals surface area contributed by atoms with E-state index in [9.17, 15) is 0 Å². The molecule has 2 saturated heterocycles. The number of rotatable bonds is 5. The number of aryl methyl sites for hydroxylation is 1. The molecule has 0 spiro atoms. The Bertz CT molecular complexity index is 454. The van der Waals surface area contributed by atoms with E-state index in [1.807, 2.05) is 17.9 Å². The van der Waals surface area contributed by atoms with Gasteiger partial charge in [0.15, 0.2) is 6.29 Å². The van der Waals surface area contributed by atoms with Crippen LogP contribution in [0.4, 0.5) is 0 Å². The van der Waals surface area contributed by atoms with Crippen molar-refractivity contribution in [2.24, 2.45) is 7.05 Å². The Labute approximate surface area is 127 Å². The van der Waals surface area contributed by atoms with Gasteiger partial charge in [0.05, 0.1) is 12.8 Å². The predicted octanol–water partition coefficient (Wildman–Crippen LogP) is 2.41. The van der Waals surface area contributed by atoms with Crippen LogP contribution in [0.5, 0.6) is 0 Å². The second-order valence-corrected chi connectivity index (χ2v) is 6.17. The molecule has 2 aliphatic rings. The first-order valence-electron chi connectivity index (χ1n) is 8.21. The van der Waals surface area contributed by atoms with Crippen molar-refractivity contribution in [1.29, 1.82) is 0 Å². The second-order valence-electron chi connectivity index (χ2n) is 6.17. The summed E-state index contributed by atoms with van der Waals surface area (Å²) < 4.78 is 13.5. The summed E-state index contributed by atoms with van der Waals surface area (Å²) in [4.78, 5) is 2.53. The summed E-state index contributed by atoms with van der Waals surface area (Å²) >= 11 is 0. The number of hydrogen-bond acceptors (Lipinski definition) is 4. The first-order chi connectivity index (χ1) is 10.3. The standard InChI is InChI=1S/C16H27N3O2/c1-13-14(12-17-18(13)2)15-6-5-8-19(15)9-11-21-16-7-3-4-10-20-16/h12,15-16H,3-11H2,1-2H3/t15-,16-/m1/s1. The third-order valence-corrected chi connectivity index (χ3v) is 4.82. The quantitative estimate of drug-likeness (QED) is 0.836. The van der Waals surface area contributed by atoms with Crippen LogP contribution in [0.15, 0.2) is 6.20 Å². The van der Waals surface area contributed by atoms with Crippen LogP contribution in [0.2, 0.25) is 0 Å². The lowest BCUT2D eigenvalue weighted by Crippen LogP contribution is -2.30. The van der Waals surface area contributed by atoms with Gasteiger partial charge in [0.2, 0.25) is 0 Å². The molecule has 0 unspecified atom stereocenters. The van der Waals surface area contributed by atoms with Crippen molar-refractivity contribution in [3.63, 3.8) is 0 Å². The Hall–Kier alpha value is -0.910. The molecule has 1 aromatic heterocycles. The van der Waals surface area contributed by atoms with Gasteiger partial charge in [-0.3, -0.25) is 9.58 Å². The van der Waals surface area contributed by atoms with Crippen LogP contribution in [0, 0.1) is 6.92 Å². The molecule has 21 heavy (non-hydrogen) atoms. The van der Waals surface area contributed by atoms with Crippen molar-refractivity contribution in [3.05, 3.63) is 17.5 Å². The maximum atomic E-state index is 5.88. The highest BCUT2D eigenvalue weighted by Crippen LogP contribution is 2.33. The van der Waals surface area contributed by atoms with Gasteiger partial charge in [-0.2, -0.15) is 5.10 Å². The SMILES string of the molecule is Cc1c([C@H]2CCCN2CCO[C@@H]2CCCCO2)cnn1C. The molecule has 2 fully saturated rings. The molecule has 2 aliphatic heterocycles. The molecule has 0 amide bonds. The first kappa shape index (κ1) is 15.0. The minimum atomic E-state index is 0.0277. The molecule has 0 saturated carbocycles. The third-order valence-electron chi connectivity index (χ3n) is 4.82. The topological polar surface area (TPSA) is 39.5 Å². The van der Waals surface area contributed by atoms with E-state index >= 15 is 0 Å². The molecule has 3 rings (SSSR count). The average molecular weight is 293 g/mol. The van der Waals surface area contributed by atoms with E-state index in [2.05, 4.69) is 16.9 Å². The summed E-state index contributed by atoms with van der Waals surface area (Å²) in [6.07, 6.45) is 8.00. The molecule has 3 heterocycles. The van der Waals surface area contributed by atoms with E-state index in [0.717, 1.165) is 32.7 Å². The fourth-order valence-corrected chi connectivity index (χ4v) is 3.43. The Morgan fingerprint density at radius 2 is 2.24 bits per heavy atom. The Morgan fingerprint density at radius 1 is 1.33 bits per heavy atom. The Kier molecular flexibility index (Phi) is 4.93. The van der Waals surface area contributed by atoms with Gasteiger partial charge in [-0.15, -0.1) is 0 Å². The van der Waals surface area contributed by atoms with Gasteiger partial charge >= 0.3 is 0 Å². The molecular formula is C16H27N3O2. The Morgan fingerprint density at radius 3 is 2.95 bits per heavy atom. The minimum Gasteiger partial charge on any atom is -0.353 e. The van der Waals surface area contributed by atoms with E-state index in [4.69, 9.17) is 9.47 Å². The second kappa shape index (κ2) is 6.90. The van der Waals surface area contributed by atoms with Crippen LogP contribution in [0.25, 0.3) is 0 Å².